The van der Waals surface area contributed by atoms with Gasteiger partial charge in [-0.15, -0.1) is 11.8 Å². The summed E-state index contributed by atoms with van der Waals surface area (Å²) in [7, 11) is 0. The fourth-order valence-electron chi connectivity index (χ4n) is 6.56. The number of fused-ring (bicyclic) bond motifs is 2. The first-order chi connectivity index (χ1) is 18.2. The Morgan fingerprint density at radius 1 is 1.13 bits per heavy atom. The fraction of sp³-hybridized carbons (Fsp3) is 0.567. The smallest absolute Gasteiger partial charge is 0.311 e. The number of hydrogen-bond acceptors (Lipinski definition) is 6. The molecule has 2 saturated heterocycles. The summed E-state index contributed by atoms with van der Waals surface area (Å²) in [6.45, 7) is 8.33. The number of allylic oxidation sites excluding steroid dienone is 1. The minimum Gasteiger partial charge on any atom is -0.465 e. The van der Waals surface area contributed by atoms with E-state index in [1.807, 2.05) is 64.1 Å². The molecule has 4 heterocycles. The molecule has 4 aliphatic heterocycles. The number of esters is 1. The van der Waals surface area contributed by atoms with Crippen LogP contribution in [-0.2, 0) is 19.1 Å². The molecule has 1 unspecified atom stereocenters. The molecule has 7 nitrogen and oxygen atoms in total. The number of ether oxygens (including phenoxy) is 1. The van der Waals surface area contributed by atoms with Gasteiger partial charge in [0.2, 0.25) is 5.91 Å². The number of rotatable bonds is 4. The summed E-state index contributed by atoms with van der Waals surface area (Å²) in [5.74, 6) is -2.30. The molecule has 6 atom stereocenters. The van der Waals surface area contributed by atoms with Crippen molar-refractivity contribution >= 4 is 35.2 Å². The number of likely N-dealkylation sites (tertiary alicyclic amines) is 1. The Morgan fingerprint density at radius 3 is 2.66 bits per heavy atom. The molecule has 0 aliphatic carbocycles. The van der Waals surface area contributed by atoms with Crippen molar-refractivity contribution in [1.82, 2.24) is 4.90 Å². The van der Waals surface area contributed by atoms with Gasteiger partial charge in [0, 0.05) is 17.5 Å². The molecule has 1 aromatic carbocycles. The SMILES string of the molecule is Cc1ccc(C)c(N2CC=C[C@]34S[C@@H]5/C=C\CCCCOC(=O)[C@@H]5[C@H]3C(=O)N([C@@H](CO)C(C)C)C4C2=O)c1. The third-order valence-electron chi connectivity index (χ3n) is 8.51. The number of hydrogen-bond donors (Lipinski definition) is 1. The largest absolute Gasteiger partial charge is 0.465 e. The fourth-order valence-corrected chi connectivity index (χ4v) is 8.55. The predicted octanol–water partition coefficient (Wildman–Crippen LogP) is 3.80. The van der Waals surface area contributed by atoms with Crippen molar-refractivity contribution in [3.8, 4) is 0 Å². The number of aryl methyl sites for hydroxylation is 2. The number of benzene rings is 1. The Morgan fingerprint density at radius 2 is 1.92 bits per heavy atom. The number of anilines is 1. The van der Waals surface area contributed by atoms with Gasteiger partial charge < -0.3 is 19.6 Å². The molecule has 1 aromatic rings. The van der Waals surface area contributed by atoms with E-state index >= 15 is 0 Å². The van der Waals surface area contributed by atoms with Crippen LogP contribution >= 0.6 is 11.8 Å². The Labute approximate surface area is 229 Å². The van der Waals surface area contributed by atoms with E-state index in [1.54, 1.807) is 21.6 Å². The van der Waals surface area contributed by atoms with Crippen LogP contribution in [0.5, 0.6) is 0 Å². The van der Waals surface area contributed by atoms with Gasteiger partial charge in [-0.05, 0) is 56.2 Å². The number of nitrogens with zero attached hydrogens (tertiary/aromatic N) is 2. The first-order valence-electron chi connectivity index (χ1n) is 13.7. The van der Waals surface area contributed by atoms with Gasteiger partial charge in [-0.2, -0.15) is 0 Å². The molecule has 4 aliphatic rings. The number of amides is 2. The number of carbonyl (C=O) groups excluding carboxylic acids is 3. The second-order valence-corrected chi connectivity index (χ2v) is 12.8. The molecule has 1 N–H and O–H groups in total. The first-order valence-corrected chi connectivity index (χ1v) is 14.6. The van der Waals surface area contributed by atoms with Gasteiger partial charge in [0.15, 0.2) is 0 Å². The number of thioether (sulfide) groups is 1. The van der Waals surface area contributed by atoms with E-state index in [2.05, 4.69) is 6.08 Å². The lowest BCUT2D eigenvalue weighted by molar-refractivity contribution is -0.153. The monoisotopic (exact) mass is 538 g/mol. The van der Waals surface area contributed by atoms with Crippen molar-refractivity contribution in [2.75, 3.05) is 24.7 Å². The van der Waals surface area contributed by atoms with Crippen LogP contribution in [0.3, 0.4) is 0 Å². The van der Waals surface area contributed by atoms with Crippen molar-refractivity contribution in [1.29, 1.82) is 0 Å². The molecule has 5 rings (SSSR count). The zero-order valence-electron chi connectivity index (χ0n) is 22.6. The average Bonchev–Trinajstić information content (AvgIpc) is 3.26. The lowest BCUT2D eigenvalue weighted by Crippen LogP contribution is -2.57. The minimum atomic E-state index is -0.935. The van der Waals surface area contributed by atoms with Gasteiger partial charge in [0.25, 0.3) is 5.91 Å². The summed E-state index contributed by atoms with van der Waals surface area (Å²) in [6, 6.07) is 4.64. The molecular weight excluding hydrogens is 500 g/mol. The van der Waals surface area contributed by atoms with E-state index in [4.69, 9.17) is 4.74 Å². The summed E-state index contributed by atoms with van der Waals surface area (Å²) in [5, 5.41) is 10.2. The third kappa shape index (κ3) is 4.30. The van der Waals surface area contributed by atoms with Crippen LogP contribution < -0.4 is 4.90 Å². The molecule has 8 heteroatoms. The van der Waals surface area contributed by atoms with Crippen molar-refractivity contribution in [3.05, 3.63) is 53.6 Å². The van der Waals surface area contributed by atoms with E-state index in [9.17, 15) is 19.5 Å². The maximum Gasteiger partial charge on any atom is 0.311 e. The van der Waals surface area contributed by atoms with Crippen molar-refractivity contribution in [2.45, 2.75) is 69.0 Å². The predicted molar refractivity (Wildman–Crippen MR) is 149 cm³/mol. The zero-order valence-corrected chi connectivity index (χ0v) is 23.4. The van der Waals surface area contributed by atoms with Gasteiger partial charge in [-0.3, -0.25) is 14.4 Å². The van der Waals surface area contributed by atoms with Gasteiger partial charge in [-0.25, -0.2) is 0 Å². The molecule has 38 heavy (non-hydrogen) atoms. The number of cyclic esters (lactones) is 1. The maximum atomic E-state index is 14.6. The highest BCUT2D eigenvalue weighted by Gasteiger charge is 2.71. The molecule has 1 spiro atoms. The second kappa shape index (κ2) is 10.5. The average molecular weight is 539 g/mol. The van der Waals surface area contributed by atoms with Gasteiger partial charge in [0.1, 0.15) is 6.04 Å². The lowest BCUT2D eigenvalue weighted by Gasteiger charge is -2.40. The van der Waals surface area contributed by atoms with Gasteiger partial charge in [0.05, 0.1) is 35.8 Å². The number of carbonyl (C=O) groups is 3. The van der Waals surface area contributed by atoms with Crippen molar-refractivity contribution < 1.29 is 24.2 Å². The highest BCUT2D eigenvalue weighted by Crippen LogP contribution is 2.61. The lowest BCUT2D eigenvalue weighted by atomic mass is 9.78. The molecule has 2 amide bonds. The third-order valence-corrected chi connectivity index (χ3v) is 10.3. The zero-order chi connectivity index (χ0) is 27.2. The molecular formula is C30H38N2O5S. The van der Waals surface area contributed by atoms with E-state index in [-0.39, 0.29) is 35.6 Å². The van der Waals surface area contributed by atoms with Crippen molar-refractivity contribution in [2.24, 2.45) is 17.8 Å². The summed E-state index contributed by atoms with van der Waals surface area (Å²) in [6.07, 6.45) is 10.7. The molecule has 0 aromatic heterocycles. The normalized spacial score (nSPS) is 32.9. The number of aliphatic hydroxyl groups excluding tert-OH is 1. The van der Waals surface area contributed by atoms with Crippen LogP contribution in [0.1, 0.15) is 44.2 Å². The Kier molecular flexibility index (Phi) is 7.48. The topological polar surface area (TPSA) is 87.2 Å². The van der Waals surface area contributed by atoms with Crippen LogP contribution in [0.15, 0.2) is 42.5 Å². The molecule has 2 fully saturated rings. The summed E-state index contributed by atoms with van der Waals surface area (Å²) in [4.78, 5) is 45.9. The number of aliphatic hydroxyl groups is 1. The van der Waals surface area contributed by atoms with Crippen LogP contribution in [-0.4, -0.2) is 69.6 Å². The van der Waals surface area contributed by atoms with E-state index in [1.165, 1.54) is 0 Å². The van der Waals surface area contributed by atoms with Crippen LogP contribution in [0.2, 0.25) is 0 Å². The highest BCUT2D eigenvalue weighted by molar-refractivity contribution is 8.02. The van der Waals surface area contributed by atoms with Crippen molar-refractivity contribution in [3.63, 3.8) is 0 Å². The van der Waals surface area contributed by atoms with Gasteiger partial charge in [-0.1, -0.05) is 50.3 Å². The molecule has 0 bridgehead atoms. The van der Waals surface area contributed by atoms with E-state index in [0.717, 1.165) is 36.1 Å². The standard InChI is InChI=1S/C30H38N2O5S/c1-18(2)22(17-33)32-26-28(35)31(21-16-19(3)11-12-20(21)4)14-9-13-30(26)25(27(32)34)24-23(38-30)10-7-5-6-8-15-37-29(24)36/h7,9-13,16,18,22-26,33H,5-6,8,14-15,17H2,1-4H3/b10-7-/t22-,23+,24-,25-,26?,30-/m0/s1. The first kappa shape index (κ1) is 27.0. The Bertz CT molecular complexity index is 1180. The quantitative estimate of drug-likeness (QED) is 0.464. The summed E-state index contributed by atoms with van der Waals surface area (Å²) in [5.41, 5.74) is 2.84. The van der Waals surface area contributed by atoms with Crippen LogP contribution in [0.4, 0.5) is 5.69 Å². The highest BCUT2D eigenvalue weighted by atomic mass is 32.2. The van der Waals surface area contributed by atoms with E-state index < -0.39 is 28.7 Å². The Balaban J connectivity index is 1.67. The summed E-state index contributed by atoms with van der Waals surface area (Å²) < 4.78 is 4.75. The maximum absolute atomic E-state index is 14.6. The minimum absolute atomic E-state index is 0.0781. The molecule has 0 saturated carbocycles. The van der Waals surface area contributed by atoms with E-state index in [0.29, 0.717) is 13.2 Å². The van der Waals surface area contributed by atoms with Crippen LogP contribution in [0, 0.1) is 31.6 Å². The summed E-state index contributed by atoms with van der Waals surface area (Å²) >= 11 is 1.54. The second-order valence-electron chi connectivity index (χ2n) is 11.3. The van der Waals surface area contributed by atoms with Gasteiger partial charge >= 0.3 is 5.97 Å². The molecule has 0 radical (unpaired) electrons. The Hall–Kier alpha value is -2.58. The molecule has 204 valence electrons. The van der Waals surface area contributed by atoms with Crippen LogP contribution in [0.25, 0.3) is 0 Å².